The van der Waals surface area contributed by atoms with Crippen LogP contribution in [0.5, 0.6) is 17.4 Å². The zero-order chi connectivity index (χ0) is 37.1. The topological polar surface area (TPSA) is 124 Å². The Hall–Kier alpha value is -5.52. The van der Waals surface area contributed by atoms with Crippen LogP contribution in [0.15, 0.2) is 112 Å². The van der Waals surface area contributed by atoms with Crippen LogP contribution < -0.4 is 19.8 Å². The highest BCUT2D eigenvalue weighted by atomic mass is 16.5. The lowest BCUT2D eigenvalue weighted by Crippen LogP contribution is -2.17. The van der Waals surface area contributed by atoms with E-state index in [4.69, 9.17) is 23.3 Å². The predicted molar refractivity (Wildman–Crippen MR) is 203 cm³/mol. The monoisotopic (exact) mass is 734 g/mol. The molecule has 6 aromatic rings. The Labute approximate surface area is 315 Å². The van der Waals surface area contributed by atoms with Crippen LogP contribution in [0.2, 0.25) is 0 Å². The highest BCUT2D eigenvalue weighted by Crippen LogP contribution is 2.38. The number of nitrogens with zero attached hydrogens (tertiary/aromatic N) is 6. The smallest absolute Gasteiger partial charge is 0.282 e. The van der Waals surface area contributed by atoms with E-state index in [0.29, 0.717) is 42.7 Å². The van der Waals surface area contributed by atoms with E-state index in [0.717, 1.165) is 85.8 Å². The van der Waals surface area contributed by atoms with E-state index in [9.17, 15) is 4.79 Å². The number of hydrogen-bond acceptors (Lipinski definition) is 9. The molecule has 284 valence electrons. The zero-order valence-corrected chi connectivity index (χ0v) is 31.2. The van der Waals surface area contributed by atoms with E-state index in [1.807, 2.05) is 92.0 Å². The maximum atomic E-state index is 12.3. The van der Waals surface area contributed by atoms with Crippen LogP contribution in [0, 0.1) is 11.8 Å². The van der Waals surface area contributed by atoms with Gasteiger partial charge in [0.1, 0.15) is 29.6 Å². The van der Waals surface area contributed by atoms with Gasteiger partial charge in [0.2, 0.25) is 0 Å². The summed E-state index contributed by atoms with van der Waals surface area (Å²) in [6.45, 7) is 2.99. The first-order valence-electron chi connectivity index (χ1n) is 19.0. The SMILES string of the molecule is COc1ccc(COc2cc(C3CCC(Cn4ccnc4)CC3)on2)cc1.COc1ccc(Cn2oc(C3CCC(Cn4ccnc4)CC3)cc2=O)cc1. The minimum atomic E-state index is -0.0682. The highest BCUT2D eigenvalue weighted by molar-refractivity contribution is 5.28. The van der Waals surface area contributed by atoms with E-state index in [1.165, 1.54) is 17.6 Å². The average Bonchev–Trinajstić information content (AvgIpc) is 4.06. The molecule has 2 aliphatic rings. The van der Waals surface area contributed by atoms with Crippen LogP contribution in [-0.4, -0.2) is 43.2 Å². The van der Waals surface area contributed by atoms with E-state index >= 15 is 0 Å². The summed E-state index contributed by atoms with van der Waals surface area (Å²) in [5.74, 6) is 6.14. The van der Waals surface area contributed by atoms with Crippen LogP contribution in [-0.2, 0) is 26.2 Å². The molecule has 0 N–H and O–H groups in total. The molecule has 4 heterocycles. The van der Waals surface area contributed by atoms with Crippen molar-refractivity contribution in [3.05, 3.63) is 131 Å². The minimum Gasteiger partial charge on any atom is -0.497 e. The predicted octanol–water partition coefficient (Wildman–Crippen LogP) is 8.10. The van der Waals surface area contributed by atoms with Crippen LogP contribution in [0.25, 0.3) is 0 Å². The second kappa shape index (κ2) is 18.0. The van der Waals surface area contributed by atoms with Gasteiger partial charge < -0.3 is 32.4 Å². The average molecular weight is 735 g/mol. The number of imidazole rings is 2. The largest absolute Gasteiger partial charge is 0.497 e. The van der Waals surface area contributed by atoms with Gasteiger partial charge in [-0.1, -0.05) is 24.3 Å². The number of aromatic nitrogens is 6. The fraction of sp³-hybridized carbons (Fsp3) is 0.429. The summed E-state index contributed by atoms with van der Waals surface area (Å²) in [5.41, 5.74) is 2.02. The number of rotatable bonds is 13. The van der Waals surface area contributed by atoms with Crippen molar-refractivity contribution >= 4 is 0 Å². The quantitative estimate of drug-likeness (QED) is 0.116. The maximum absolute atomic E-state index is 12.3. The van der Waals surface area contributed by atoms with E-state index < -0.39 is 0 Å². The lowest BCUT2D eigenvalue weighted by molar-refractivity contribution is 0.215. The Morgan fingerprint density at radius 1 is 0.685 bits per heavy atom. The Morgan fingerprint density at radius 2 is 1.22 bits per heavy atom. The van der Waals surface area contributed by atoms with Gasteiger partial charge in [0, 0.05) is 61.8 Å². The summed E-state index contributed by atoms with van der Waals surface area (Å²) in [6, 6.07) is 19.1. The summed E-state index contributed by atoms with van der Waals surface area (Å²) in [5, 5.41) is 4.09. The Kier molecular flexibility index (Phi) is 12.3. The van der Waals surface area contributed by atoms with Crippen LogP contribution >= 0.6 is 0 Å². The van der Waals surface area contributed by atoms with Crippen LogP contribution in [0.1, 0.15) is 85.8 Å². The molecule has 54 heavy (non-hydrogen) atoms. The summed E-state index contributed by atoms with van der Waals surface area (Å²) in [7, 11) is 3.30. The first-order valence-corrected chi connectivity index (χ1v) is 19.0. The third-order valence-corrected chi connectivity index (χ3v) is 10.8. The molecular weight excluding hydrogens is 684 g/mol. The highest BCUT2D eigenvalue weighted by Gasteiger charge is 2.27. The van der Waals surface area contributed by atoms with Crippen molar-refractivity contribution in [1.29, 1.82) is 0 Å². The number of ether oxygens (including phenoxy) is 3. The molecule has 2 aromatic carbocycles. The van der Waals surface area contributed by atoms with Crippen LogP contribution in [0.4, 0.5) is 0 Å². The number of hydrogen-bond donors (Lipinski definition) is 0. The first kappa shape index (κ1) is 36.8. The summed E-state index contributed by atoms with van der Waals surface area (Å²) in [6.07, 6.45) is 20.6. The molecule has 8 rings (SSSR count). The van der Waals surface area contributed by atoms with Crippen LogP contribution in [0.3, 0.4) is 0 Å². The van der Waals surface area contributed by atoms with Crippen molar-refractivity contribution < 1.29 is 23.3 Å². The van der Waals surface area contributed by atoms with Crippen molar-refractivity contribution in [2.45, 2.75) is 89.4 Å². The maximum Gasteiger partial charge on any atom is 0.282 e. The summed E-state index contributed by atoms with van der Waals surface area (Å²) >= 11 is 0. The van der Waals surface area contributed by atoms with Crippen molar-refractivity contribution in [3.63, 3.8) is 0 Å². The zero-order valence-electron chi connectivity index (χ0n) is 31.2. The molecule has 0 bridgehead atoms. The Balaban J connectivity index is 0.000000167. The fourth-order valence-electron chi connectivity index (χ4n) is 7.65. The number of methoxy groups -OCH3 is 2. The lowest BCUT2D eigenvalue weighted by atomic mass is 9.81. The summed E-state index contributed by atoms with van der Waals surface area (Å²) in [4.78, 5) is 20.6. The van der Waals surface area contributed by atoms with Gasteiger partial charge in [-0.25, -0.2) is 9.97 Å². The lowest BCUT2D eigenvalue weighted by Gasteiger charge is -2.27. The van der Waals surface area contributed by atoms with Crippen molar-refractivity contribution in [2.24, 2.45) is 11.8 Å². The molecule has 2 aliphatic carbocycles. The van der Waals surface area contributed by atoms with Crippen molar-refractivity contribution in [1.82, 2.24) is 29.0 Å². The number of benzene rings is 2. The molecule has 0 unspecified atom stereocenters. The standard InChI is InChI=1S/2C21H25N3O3/c1-25-19-8-4-17(5-9-19)14-26-21-12-20(27-23-21)18-6-2-16(3-7-18)13-24-11-10-22-15-24;1-26-19-8-4-17(5-9-19)14-24-21(25)12-20(27-24)18-6-2-16(3-7-18)13-23-11-10-22-15-23/h2*4-5,8-12,15-16,18H,2-3,6-7,13-14H2,1H3. The molecule has 0 spiro atoms. The Bertz CT molecular complexity index is 2020. The van der Waals surface area contributed by atoms with E-state index in [1.54, 1.807) is 20.3 Å². The van der Waals surface area contributed by atoms with Crippen molar-refractivity contribution in [2.75, 3.05) is 14.2 Å². The van der Waals surface area contributed by atoms with Gasteiger partial charge in [-0.2, -0.15) is 4.74 Å². The van der Waals surface area contributed by atoms with Crippen molar-refractivity contribution in [3.8, 4) is 17.4 Å². The summed E-state index contributed by atoms with van der Waals surface area (Å²) < 4.78 is 33.4. The third kappa shape index (κ3) is 9.91. The van der Waals surface area contributed by atoms with Gasteiger partial charge in [-0.05, 0) is 104 Å². The van der Waals surface area contributed by atoms with Gasteiger partial charge >= 0.3 is 0 Å². The second-order valence-electron chi connectivity index (χ2n) is 14.5. The first-order chi connectivity index (χ1) is 26.5. The van der Waals surface area contributed by atoms with Gasteiger partial charge in [0.15, 0.2) is 0 Å². The molecule has 0 radical (unpaired) electrons. The molecule has 12 nitrogen and oxygen atoms in total. The fourth-order valence-corrected chi connectivity index (χ4v) is 7.65. The molecule has 4 aromatic heterocycles. The normalized spacial score (nSPS) is 19.8. The molecule has 0 amide bonds. The minimum absolute atomic E-state index is 0.0682. The molecule has 0 atom stereocenters. The van der Waals surface area contributed by atoms with Gasteiger partial charge in [0.05, 0.1) is 33.4 Å². The van der Waals surface area contributed by atoms with Gasteiger partial charge in [-0.3, -0.25) is 4.79 Å². The second-order valence-corrected chi connectivity index (χ2v) is 14.5. The van der Waals surface area contributed by atoms with Gasteiger partial charge in [0.25, 0.3) is 11.4 Å². The molecule has 0 saturated heterocycles. The van der Waals surface area contributed by atoms with E-state index in [-0.39, 0.29) is 5.56 Å². The molecular formula is C42H50N6O6. The Morgan fingerprint density at radius 3 is 1.74 bits per heavy atom. The third-order valence-electron chi connectivity index (χ3n) is 10.8. The molecule has 0 aliphatic heterocycles. The molecule has 12 heteroatoms. The van der Waals surface area contributed by atoms with E-state index in [2.05, 4.69) is 24.3 Å². The molecule has 2 fully saturated rings. The molecule has 2 saturated carbocycles. The van der Waals surface area contributed by atoms with Gasteiger partial charge in [-0.15, -0.1) is 0 Å².